The molecule has 0 unspecified atom stereocenters. The number of hydrogen-bond donors (Lipinski definition) is 3. The summed E-state index contributed by atoms with van der Waals surface area (Å²) in [5.74, 6) is -0.0654. The molecule has 0 fully saturated rings. The Balaban J connectivity index is 1.96. The number of urea groups is 1. The quantitative estimate of drug-likeness (QED) is 0.652. The fourth-order valence-corrected chi connectivity index (χ4v) is 2.43. The standard InChI is InChI=1S/C20H24N2O4/c1-3-11-26-17-8-9-18(14(2)12-17)22-20(25)21-16-6-4-5-15(13-16)7-10-19(23)24/h4-6,8-9,12-13H,3,7,10-11H2,1-2H3,(H,23,24)(H2,21,22,25). The summed E-state index contributed by atoms with van der Waals surface area (Å²) in [6.07, 6.45) is 1.42. The van der Waals surface area contributed by atoms with Gasteiger partial charge in [-0.25, -0.2) is 4.79 Å². The molecule has 6 heteroatoms. The highest BCUT2D eigenvalue weighted by Gasteiger charge is 2.07. The Labute approximate surface area is 153 Å². The number of carboxylic acids is 1. The summed E-state index contributed by atoms with van der Waals surface area (Å²) < 4.78 is 5.57. The van der Waals surface area contributed by atoms with Gasteiger partial charge in [0.25, 0.3) is 0 Å². The first kappa shape index (κ1) is 19.3. The van der Waals surface area contributed by atoms with E-state index in [1.165, 1.54) is 0 Å². The average Bonchev–Trinajstić information content (AvgIpc) is 2.60. The van der Waals surface area contributed by atoms with Crippen LogP contribution >= 0.6 is 0 Å². The van der Waals surface area contributed by atoms with Gasteiger partial charge in [-0.05, 0) is 61.2 Å². The van der Waals surface area contributed by atoms with Crippen LogP contribution in [-0.4, -0.2) is 23.7 Å². The molecule has 0 atom stereocenters. The van der Waals surface area contributed by atoms with E-state index in [1.807, 2.05) is 38.1 Å². The number of carbonyl (C=O) groups excluding carboxylic acids is 1. The zero-order valence-corrected chi connectivity index (χ0v) is 15.0. The summed E-state index contributed by atoms with van der Waals surface area (Å²) in [6, 6.07) is 12.3. The molecule has 2 amide bonds. The molecule has 0 aliphatic heterocycles. The van der Waals surface area contributed by atoms with E-state index < -0.39 is 5.97 Å². The molecule has 3 N–H and O–H groups in total. The van der Waals surface area contributed by atoms with Crippen molar-refractivity contribution in [3.63, 3.8) is 0 Å². The lowest BCUT2D eigenvalue weighted by Crippen LogP contribution is -2.20. The molecule has 0 spiro atoms. The van der Waals surface area contributed by atoms with Gasteiger partial charge in [0, 0.05) is 17.8 Å². The van der Waals surface area contributed by atoms with Crippen molar-refractivity contribution in [2.45, 2.75) is 33.1 Å². The molecule has 0 aromatic heterocycles. The number of nitrogens with one attached hydrogen (secondary N) is 2. The van der Waals surface area contributed by atoms with Crippen molar-refractivity contribution in [3.05, 3.63) is 53.6 Å². The topological polar surface area (TPSA) is 87.7 Å². The average molecular weight is 356 g/mol. The number of hydrogen-bond acceptors (Lipinski definition) is 3. The molecule has 0 radical (unpaired) electrons. The minimum Gasteiger partial charge on any atom is -0.494 e. The van der Waals surface area contributed by atoms with Crippen LogP contribution in [0.1, 0.15) is 30.9 Å². The molecule has 138 valence electrons. The van der Waals surface area contributed by atoms with E-state index >= 15 is 0 Å². The number of aliphatic carboxylic acids is 1. The van der Waals surface area contributed by atoms with Gasteiger partial charge >= 0.3 is 12.0 Å². The summed E-state index contributed by atoms with van der Waals surface area (Å²) in [5.41, 5.74) is 3.09. The van der Waals surface area contributed by atoms with Gasteiger partial charge in [0.2, 0.25) is 0 Å². The molecule has 6 nitrogen and oxygen atoms in total. The Kier molecular flexibility index (Phi) is 7.02. The Morgan fingerprint density at radius 2 is 1.92 bits per heavy atom. The van der Waals surface area contributed by atoms with Crippen molar-refractivity contribution in [3.8, 4) is 5.75 Å². The van der Waals surface area contributed by atoms with Crippen LogP contribution in [0.5, 0.6) is 5.75 Å². The van der Waals surface area contributed by atoms with E-state index in [0.29, 0.717) is 24.4 Å². The van der Waals surface area contributed by atoms with Crippen molar-refractivity contribution >= 4 is 23.4 Å². The van der Waals surface area contributed by atoms with E-state index in [0.717, 1.165) is 23.3 Å². The molecule has 0 bridgehead atoms. The molecule has 2 aromatic carbocycles. The summed E-state index contributed by atoms with van der Waals surface area (Å²) >= 11 is 0. The molecule has 0 saturated carbocycles. The van der Waals surface area contributed by atoms with E-state index in [9.17, 15) is 9.59 Å². The lowest BCUT2D eigenvalue weighted by atomic mass is 10.1. The zero-order chi connectivity index (χ0) is 18.9. The van der Waals surface area contributed by atoms with Gasteiger partial charge in [0.15, 0.2) is 0 Å². The van der Waals surface area contributed by atoms with Crippen LogP contribution in [0.2, 0.25) is 0 Å². The van der Waals surface area contributed by atoms with E-state index in [1.54, 1.807) is 18.2 Å². The highest BCUT2D eigenvalue weighted by Crippen LogP contribution is 2.22. The van der Waals surface area contributed by atoms with E-state index in [2.05, 4.69) is 10.6 Å². The number of anilines is 2. The fourth-order valence-electron chi connectivity index (χ4n) is 2.43. The molecule has 2 aromatic rings. The molecule has 2 rings (SSSR count). The van der Waals surface area contributed by atoms with Crippen LogP contribution in [0.25, 0.3) is 0 Å². The first-order valence-corrected chi connectivity index (χ1v) is 8.60. The second kappa shape index (κ2) is 9.46. The second-order valence-electron chi connectivity index (χ2n) is 6.00. The molecular formula is C20H24N2O4. The predicted octanol–water partition coefficient (Wildman–Crippen LogP) is 4.45. The van der Waals surface area contributed by atoms with Crippen molar-refractivity contribution in [1.82, 2.24) is 0 Å². The summed E-state index contributed by atoms with van der Waals surface area (Å²) in [4.78, 5) is 22.9. The lowest BCUT2D eigenvalue weighted by molar-refractivity contribution is -0.136. The van der Waals surface area contributed by atoms with Gasteiger partial charge in [-0.2, -0.15) is 0 Å². The van der Waals surface area contributed by atoms with Gasteiger partial charge in [0.05, 0.1) is 6.61 Å². The van der Waals surface area contributed by atoms with Crippen LogP contribution in [0.15, 0.2) is 42.5 Å². The number of carboxylic acid groups (broad SMARTS) is 1. The number of benzene rings is 2. The molecule has 0 saturated heterocycles. The normalized spacial score (nSPS) is 10.2. The lowest BCUT2D eigenvalue weighted by Gasteiger charge is -2.12. The number of rotatable bonds is 8. The Hall–Kier alpha value is -3.02. The largest absolute Gasteiger partial charge is 0.494 e. The van der Waals surface area contributed by atoms with Crippen molar-refractivity contribution in [2.24, 2.45) is 0 Å². The number of ether oxygens (including phenoxy) is 1. The van der Waals surface area contributed by atoms with Crippen LogP contribution in [0.3, 0.4) is 0 Å². The van der Waals surface area contributed by atoms with Crippen LogP contribution in [0, 0.1) is 6.92 Å². The van der Waals surface area contributed by atoms with Gasteiger partial charge < -0.3 is 20.5 Å². The second-order valence-corrected chi connectivity index (χ2v) is 6.00. The molecule has 0 heterocycles. The van der Waals surface area contributed by atoms with E-state index in [4.69, 9.17) is 9.84 Å². The van der Waals surface area contributed by atoms with Gasteiger partial charge in [-0.15, -0.1) is 0 Å². The maximum absolute atomic E-state index is 12.2. The Morgan fingerprint density at radius 1 is 1.12 bits per heavy atom. The molecular weight excluding hydrogens is 332 g/mol. The van der Waals surface area contributed by atoms with Gasteiger partial charge in [-0.3, -0.25) is 4.79 Å². The van der Waals surface area contributed by atoms with Crippen molar-refractivity contribution in [1.29, 1.82) is 0 Å². The van der Waals surface area contributed by atoms with Crippen LogP contribution in [-0.2, 0) is 11.2 Å². The fraction of sp³-hybridized carbons (Fsp3) is 0.300. The van der Waals surface area contributed by atoms with Gasteiger partial charge in [0.1, 0.15) is 5.75 Å². The van der Waals surface area contributed by atoms with Crippen LogP contribution < -0.4 is 15.4 Å². The Morgan fingerprint density at radius 3 is 2.62 bits per heavy atom. The first-order chi connectivity index (χ1) is 12.5. The third-order valence-corrected chi connectivity index (χ3v) is 3.73. The zero-order valence-electron chi connectivity index (χ0n) is 15.0. The summed E-state index contributed by atoms with van der Waals surface area (Å²) in [5, 5.41) is 14.3. The SMILES string of the molecule is CCCOc1ccc(NC(=O)Nc2cccc(CCC(=O)O)c2)c(C)c1. The summed E-state index contributed by atoms with van der Waals surface area (Å²) in [7, 11) is 0. The number of amides is 2. The number of aryl methyl sites for hydroxylation is 2. The van der Waals surface area contributed by atoms with Crippen molar-refractivity contribution in [2.75, 3.05) is 17.2 Å². The maximum Gasteiger partial charge on any atom is 0.323 e. The van der Waals surface area contributed by atoms with E-state index in [-0.39, 0.29) is 12.5 Å². The smallest absolute Gasteiger partial charge is 0.323 e. The van der Waals surface area contributed by atoms with Crippen LogP contribution in [0.4, 0.5) is 16.2 Å². The molecule has 0 aliphatic carbocycles. The monoisotopic (exact) mass is 356 g/mol. The highest BCUT2D eigenvalue weighted by atomic mass is 16.5. The Bertz CT molecular complexity index is 774. The molecule has 26 heavy (non-hydrogen) atoms. The minimum absolute atomic E-state index is 0.0568. The summed E-state index contributed by atoms with van der Waals surface area (Å²) in [6.45, 7) is 4.61. The highest BCUT2D eigenvalue weighted by molar-refractivity contribution is 6.00. The number of carbonyl (C=O) groups is 2. The third kappa shape index (κ3) is 6.12. The first-order valence-electron chi connectivity index (χ1n) is 8.60. The van der Waals surface area contributed by atoms with Crippen molar-refractivity contribution < 1.29 is 19.4 Å². The predicted molar refractivity (Wildman–Crippen MR) is 102 cm³/mol. The third-order valence-electron chi connectivity index (χ3n) is 3.73. The molecule has 0 aliphatic rings. The minimum atomic E-state index is -0.844. The van der Waals surface area contributed by atoms with Gasteiger partial charge in [-0.1, -0.05) is 19.1 Å². The maximum atomic E-state index is 12.2.